The van der Waals surface area contributed by atoms with Gasteiger partial charge < -0.3 is 20.2 Å². The second kappa shape index (κ2) is 29.3. The summed E-state index contributed by atoms with van der Waals surface area (Å²) in [6.07, 6.45) is -27.9. The first-order chi connectivity index (χ1) is 40.3. The predicted octanol–water partition coefficient (Wildman–Crippen LogP) is 14.4. The van der Waals surface area contributed by atoms with Gasteiger partial charge in [0.05, 0.1) is 15.8 Å². The van der Waals surface area contributed by atoms with Crippen molar-refractivity contribution in [1.29, 1.82) is 0 Å². The molecule has 6 aromatic carbocycles. The van der Waals surface area contributed by atoms with Gasteiger partial charge in [-0.3, -0.25) is 10.2 Å². The average molecular weight is 1550 g/mol. The molecule has 496 valence electrons. The Morgan fingerprint density at radius 2 is 0.389 bits per heavy atom. The molecule has 2 aromatic heterocycles. The Morgan fingerprint density at radius 1 is 0.233 bits per heavy atom. The molecule has 0 N–H and O–H groups in total. The van der Waals surface area contributed by atoms with Gasteiger partial charge in [0.2, 0.25) is 0 Å². The minimum absolute atomic E-state index is 0. The zero-order valence-corrected chi connectivity index (χ0v) is 48.2. The van der Waals surface area contributed by atoms with Crippen molar-refractivity contribution >= 4 is 47.7 Å². The maximum Gasteiger partial charge on any atom is 1.00 e. The normalized spacial score (nSPS) is 13.1. The molecule has 0 saturated heterocycles. The van der Waals surface area contributed by atoms with Gasteiger partial charge in [-0.05, 0) is 72.8 Å². The Balaban J connectivity index is 0.000000313. The maximum absolute atomic E-state index is 13.1. The maximum atomic E-state index is 13.1. The van der Waals surface area contributed by atoms with E-state index < -0.39 is 111 Å². The Kier molecular flexibility index (Phi) is 25.5. The van der Waals surface area contributed by atoms with Gasteiger partial charge in [0.15, 0.2) is 0 Å². The largest absolute Gasteiger partial charge is 1.00 e. The molecule has 90 heavy (non-hydrogen) atoms. The smallest absolute Gasteiger partial charge is 0.416 e. The Hall–Kier alpha value is -6.02. The van der Waals surface area contributed by atoms with Crippen molar-refractivity contribution < 1.29 is 168 Å². The molecule has 8 rings (SSSR count). The van der Waals surface area contributed by atoms with Crippen LogP contribution in [0.25, 0.3) is 0 Å². The number of halogens is 28. The zero-order valence-electron chi connectivity index (χ0n) is 43.2. The first-order valence-electron chi connectivity index (χ1n) is 23.4. The number of hydrogen-bond donors (Lipinski definition) is 0. The second-order valence-electron chi connectivity index (χ2n) is 17.5. The van der Waals surface area contributed by atoms with Crippen molar-refractivity contribution in [1.82, 2.24) is 30.4 Å². The molecule has 0 spiro atoms. The molecule has 0 aliphatic rings. The van der Waals surface area contributed by atoms with E-state index in [4.69, 9.17) is 0 Å². The fourth-order valence-corrected chi connectivity index (χ4v) is 12.1. The van der Waals surface area contributed by atoms with E-state index in [-0.39, 0.29) is 44.8 Å². The third-order valence-electron chi connectivity index (χ3n) is 11.4. The van der Waals surface area contributed by atoms with Crippen LogP contribution in [-0.2, 0) is 68.5 Å². The average Bonchev–Trinajstić information content (AvgIpc) is 1.53. The topological polar surface area (TPSA) is 79.8 Å². The molecule has 0 amide bonds. The molecule has 0 aliphatic carbocycles. The number of alkyl halides is 28. The molecule has 6 nitrogen and oxygen atoms in total. The Bertz CT molecular complexity index is 2930. The van der Waals surface area contributed by atoms with Crippen LogP contribution >= 0.6 is 15.8 Å². The van der Waals surface area contributed by atoms with E-state index in [9.17, 15) is 123 Å². The number of rotatable bonds is 14. The molecule has 0 bridgehead atoms. The summed E-state index contributed by atoms with van der Waals surface area (Å²) in [5, 5.41) is 15.2. The summed E-state index contributed by atoms with van der Waals surface area (Å²) in [4.78, 5) is 3.06. The third-order valence-corrected chi connectivity index (χ3v) is 16.9. The van der Waals surface area contributed by atoms with Crippen LogP contribution in [0.15, 0.2) is 182 Å². The number of aromatic nitrogens is 6. The molecule has 0 saturated carbocycles. The standard InChI is InChI=1S/2C18H15P.2C8F14N3.2Ag/c2*1-4-10-16(11-5-1)19(17-12-6-2-7-13-17)18-14-8-3-9-15-18;2*9-3(10,5(13,14)7(17,18)19)1-23-2(25-24-1)4(11,12)6(15,16)8(20,21)22;;/h2*1-15H;;;;/q;;2*-1;2*+1/p+2. The molecule has 38 heteroatoms. The van der Waals surface area contributed by atoms with E-state index in [0.717, 1.165) is 0 Å². The molecular formula is C52H32Ag2F28N6P2+2. The predicted molar refractivity (Wildman–Crippen MR) is 263 cm³/mol. The van der Waals surface area contributed by atoms with Crippen LogP contribution in [0, 0.1) is 0 Å². The van der Waals surface area contributed by atoms with Crippen LogP contribution in [0.3, 0.4) is 0 Å². The van der Waals surface area contributed by atoms with Gasteiger partial charge in [-0.25, -0.2) is 0 Å². The summed E-state index contributed by atoms with van der Waals surface area (Å²) in [5.74, 6) is -66.3. The summed E-state index contributed by atoms with van der Waals surface area (Å²) < 4.78 is 348. The summed E-state index contributed by atoms with van der Waals surface area (Å²) >= 11 is 0. The minimum Gasteiger partial charge on any atom is -0.416 e. The van der Waals surface area contributed by atoms with Crippen LogP contribution in [0.1, 0.15) is 23.3 Å². The van der Waals surface area contributed by atoms with Gasteiger partial charge in [0.1, 0.15) is 43.5 Å². The van der Waals surface area contributed by atoms with Gasteiger partial charge in [-0.1, -0.05) is 109 Å². The molecule has 8 aromatic rings. The first-order valence-corrected chi connectivity index (χ1v) is 26.4. The van der Waals surface area contributed by atoms with E-state index in [1.54, 1.807) is 20.4 Å². The van der Waals surface area contributed by atoms with Crippen molar-refractivity contribution in [2.24, 2.45) is 0 Å². The monoisotopic (exact) mass is 1550 g/mol. The summed E-state index contributed by atoms with van der Waals surface area (Å²) in [6, 6.07) is 65.0. The van der Waals surface area contributed by atoms with Gasteiger partial charge in [0.25, 0.3) is 0 Å². The molecule has 0 unspecified atom stereocenters. The SMILES string of the molecule is FC(F)(F)C(F)(F)C(F)(F)c1n[n-]c(C(F)(F)C(F)(F)C(F)(F)F)n1.FC(F)(F)C(F)(F)C(F)(F)c1n[n-]c(C(F)(F)C(F)(F)C(F)(F)F)n1.[Ag+].[Ag+].c1ccc([PH+](c2ccccc2)c2ccccc2)cc1.c1ccc([PH+](c2ccccc2)c2ccccc2)cc1. The van der Waals surface area contributed by atoms with Crippen molar-refractivity contribution in [3.05, 3.63) is 205 Å². The van der Waals surface area contributed by atoms with Crippen LogP contribution in [0.2, 0.25) is 0 Å². The molecule has 0 fully saturated rings. The summed E-state index contributed by atoms with van der Waals surface area (Å²) in [5.41, 5.74) is 0. The van der Waals surface area contributed by atoms with E-state index in [2.05, 4.69) is 182 Å². The van der Waals surface area contributed by atoms with E-state index >= 15 is 0 Å². The van der Waals surface area contributed by atoms with E-state index in [1.165, 1.54) is 41.8 Å². The molecular weight excluding hydrogens is 1520 g/mol. The number of benzene rings is 6. The number of nitrogens with zero attached hydrogens (tertiary/aromatic N) is 6. The molecule has 2 heterocycles. The fourth-order valence-electron chi connectivity index (χ4n) is 6.91. The van der Waals surface area contributed by atoms with Gasteiger partial charge in [-0.2, -0.15) is 123 Å². The Morgan fingerprint density at radius 3 is 0.544 bits per heavy atom. The zero-order chi connectivity index (χ0) is 66.4. The molecule has 0 atom stereocenters. The second-order valence-corrected chi connectivity index (χ2v) is 22.4. The van der Waals surface area contributed by atoms with E-state index in [0.29, 0.717) is 0 Å². The third kappa shape index (κ3) is 16.6. The van der Waals surface area contributed by atoms with Gasteiger partial charge in [-0.15, -0.1) is 0 Å². The van der Waals surface area contributed by atoms with Gasteiger partial charge in [0, 0.05) is 11.6 Å². The molecule has 0 aliphatic heterocycles. The molecule has 0 radical (unpaired) electrons. The fraction of sp³-hybridized carbons (Fsp3) is 0.231. The first kappa shape index (κ1) is 78.2. The van der Waals surface area contributed by atoms with Crippen LogP contribution in [0.4, 0.5) is 123 Å². The Labute approximate surface area is 520 Å². The summed E-state index contributed by atoms with van der Waals surface area (Å²) in [6.45, 7) is 0. The quantitative estimate of drug-likeness (QED) is 0.0613. The van der Waals surface area contributed by atoms with Crippen molar-refractivity contribution in [3.63, 3.8) is 0 Å². The van der Waals surface area contributed by atoms with Crippen molar-refractivity contribution in [2.45, 2.75) is 72.1 Å². The minimum atomic E-state index is -6.96. The van der Waals surface area contributed by atoms with Gasteiger partial charge >= 0.3 is 117 Å². The van der Waals surface area contributed by atoms with Crippen molar-refractivity contribution in [2.75, 3.05) is 0 Å². The van der Waals surface area contributed by atoms with Crippen LogP contribution in [0.5, 0.6) is 0 Å². The van der Waals surface area contributed by atoms with E-state index in [1.807, 2.05) is 0 Å². The number of hydrogen-bond acceptors (Lipinski definition) is 4. The van der Waals surface area contributed by atoms with Crippen molar-refractivity contribution in [3.8, 4) is 0 Å². The van der Waals surface area contributed by atoms with Crippen LogP contribution < -0.4 is 42.0 Å². The van der Waals surface area contributed by atoms with Crippen LogP contribution in [-0.4, -0.2) is 68.6 Å². The summed E-state index contributed by atoms with van der Waals surface area (Å²) in [7, 11) is -1.75.